The number of hydrogen-bond acceptors (Lipinski definition) is 9. The van der Waals surface area contributed by atoms with Crippen LogP contribution in [0.25, 0.3) is 31.7 Å². The van der Waals surface area contributed by atoms with Crippen LogP contribution in [0.1, 0.15) is 0 Å². The summed E-state index contributed by atoms with van der Waals surface area (Å²) in [6.45, 7) is -0.452. The van der Waals surface area contributed by atoms with E-state index in [-0.39, 0.29) is 22.6 Å². The number of aromatic amines is 1. The highest BCUT2D eigenvalue weighted by Gasteiger charge is 2.16. The van der Waals surface area contributed by atoms with Crippen LogP contribution in [0.2, 0.25) is 0 Å². The number of H-pyrrole nitrogens is 1. The molecule has 0 atom stereocenters. The van der Waals surface area contributed by atoms with Gasteiger partial charge in [-0.1, -0.05) is 12.1 Å². The number of nitrogens with zero attached hydrogens (tertiary/aromatic N) is 4. The zero-order valence-electron chi connectivity index (χ0n) is 18.7. The third-order valence-corrected chi connectivity index (χ3v) is 6.35. The van der Waals surface area contributed by atoms with Crippen LogP contribution in [0, 0.1) is 10.1 Å². The third-order valence-electron chi connectivity index (χ3n) is 5.26. The van der Waals surface area contributed by atoms with E-state index in [1.54, 1.807) is 12.1 Å². The molecule has 0 spiro atoms. The number of rotatable bonds is 7. The minimum Gasteiger partial charge on any atom is -0.493 e. The van der Waals surface area contributed by atoms with E-state index in [9.17, 15) is 20.0 Å². The average molecular weight is 503 g/mol. The maximum atomic E-state index is 12.4. The molecule has 3 aromatic carbocycles. The van der Waals surface area contributed by atoms with Crippen molar-refractivity contribution in [1.29, 1.82) is 0 Å². The van der Waals surface area contributed by atoms with Gasteiger partial charge < -0.3 is 19.6 Å². The van der Waals surface area contributed by atoms with Crippen molar-refractivity contribution in [2.24, 2.45) is 10.2 Å². The van der Waals surface area contributed by atoms with Gasteiger partial charge in [-0.25, -0.2) is 4.98 Å². The number of para-hydroxylation sites is 1. The third kappa shape index (κ3) is 4.44. The molecule has 0 aliphatic heterocycles. The van der Waals surface area contributed by atoms with Gasteiger partial charge in [-0.2, -0.15) is 0 Å². The fraction of sp³-hybridized carbons (Fsp3) is 0.0833. The molecule has 1 amide bonds. The zero-order valence-corrected chi connectivity index (χ0v) is 19.5. The number of benzene rings is 3. The van der Waals surface area contributed by atoms with Crippen molar-refractivity contribution in [2.75, 3.05) is 13.7 Å². The fourth-order valence-corrected chi connectivity index (χ4v) is 4.52. The van der Waals surface area contributed by atoms with Gasteiger partial charge in [0.05, 0.1) is 27.8 Å². The first kappa shape index (κ1) is 22.9. The number of fused-ring (bicyclic) bond motifs is 2. The van der Waals surface area contributed by atoms with Crippen LogP contribution in [-0.4, -0.2) is 39.6 Å². The summed E-state index contributed by atoms with van der Waals surface area (Å²) in [4.78, 5) is 30.1. The zero-order chi connectivity index (χ0) is 25.2. The van der Waals surface area contributed by atoms with Crippen molar-refractivity contribution >= 4 is 49.7 Å². The number of nitrogens with one attached hydrogen (secondary N) is 1. The van der Waals surface area contributed by atoms with Crippen LogP contribution >= 0.6 is 11.3 Å². The van der Waals surface area contributed by atoms with E-state index in [2.05, 4.69) is 20.2 Å². The largest absolute Gasteiger partial charge is 0.493 e. The molecule has 0 radical (unpaired) electrons. The molecule has 0 saturated heterocycles. The van der Waals surface area contributed by atoms with Crippen molar-refractivity contribution in [1.82, 2.24) is 9.97 Å². The highest BCUT2D eigenvalue weighted by Crippen LogP contribution is 2.38. The Balaban J connectivity index is 1.34. The molecular weight excluding hydrogens is 486 g/mol. The van der Waals surface area contributed by atoms with E-state index in [1.807, 2.05) is 30.3 Å². The number of thiazole rings is 1. The first-order valence-corrected chi connectivity index (χ1v) is 11.3. The summed E-state index contributed by atoms with van der Waals surface area (Å²) >= 11 is 1.53. The standard InChI is InChI=1S/C24H17N5O6S/c1-34-18-9-6-13(24-26-17-4-2-3-5-20(17)36-24)10-19(18)35-12-21(30)27-28-22-15-11-14(29(32)33)7-8-16(15)25-23(22)31/h2-11,25,31H,12H2,1H3. The van der Waals surface area contributed by atoms with Crippen molar-refractivity contribution < 1.29 is 24.3 Å². The fourth-order valence-electron chi connectivity index (χ4n) is 3.56. The molecule has 5 aromatic rings. The highest BCUT2D eigenvalue weighted by molar-refractivity contribution is 7.21. The number of nitro groups is 1. The van der Waals surface area contributed by atoms with Gasteiger partial charge in [-0.15, -0.1) is 21.6 Å². The van der Waals surface area contributed by atoms with Crippen LogP contribution in [0.5, 0.6) is 17.4 Å². The lowest BCUT2D eigenvalue weighted by Gasteiger charge is -2.10. The Kier molecular flexibility index (Phi) is 6.00. The Bertz CT molecular complexity index is 1620. The molecule has 0 saturated carbocycles. The van der Waals surface area contributed by atoms with Gasteiger partial charge in [0.1, 0.15) is 5.01 Å². The first-order chi connectivity index (χ1) is 17.4. The lowest BCUT2D eigenvalue weighted by molar-refractivity contribution is -0.384. The molecular formula is C24H17N5O6S. The number of carbonyl (C=O) groups is 1. The average Bonchev–Trinajstić information content (AvgIpc) is 3.45. The summed E-state index contributed by atoms with van der Waals surface area (Å²) in [7, 11) is 1.49. The molecule has 36 heavy (non-hydrogen) atoms. The number of methoxy groups -OCH3 is 1. The SMILES string of the molecule is COc1ccc(-c2nc3ccccc3s2)cc1OCC(=O)N=Nc1c(O)[nH]c2ccc([N+](=O)[O-])cc12. The summed E-state index contributed by atoms with van der Waals surface area (Å²) in [5.74, 6) is -0.357. The Morgan fingerprint density at radius 1 is 1.17 bits per heavy atom. The summed E-state index contributed by atoms with van der Waals surface area (Å²) in [6, 6.07) is 17.1. The number of hydrogen-bond donors (Lipinski definition) is 2. The van der Waals surface area contributed by atoms with E-state index < -0.39 is 17.4 Å². The molecule has 0 fully saturated rings. The van der Waals surface area contributed by atoms with Gasteiger partial charge in [-0.3, -0.25) is 14.9 Å². The minimum absolute atomic E-state index is 0.0857. The van der Waals surface area contributed by atoms with Crippen molar-refractivity contribution in [3.05, 3.63) is 70.8 Å². The number of carbonyl (C=O) groups excluding carboxylic acids is 1. The Morgan fingerprint density at radius 2 is 2.00 bits per heavy atom. The number of nitro benzene ring substituents is 1. The Labute approximate surface area is 206 Å². The number of amides is 1. The van der Waals surface area contributed by atoms with E-state index in [4.69, 9.17) is 9.47 Å². The van der Waals surface area contributed by atoms with E-state index in [1.165, 1.54) is 36.6 Å². The van der Waals surface area contributed by atoms with E-state index in [0.717, 1.165) is 20.8 Å². The Hall–Kier alpha value is -4.84. The second kappa shape index (κ2) is 9.43. The van der Waals surface area contributed by atoms with Crippen LogP contribution in [0.4, 0.5) is 11.4 Å². The van der Waals surface area contributed by atoms with Gasteiger partial charge in [-0.05, 0) is 36.4 Å². The van der Waals surface area contributed by atoms with Crippen LogP contribution in [-0.2, 0) is 4.79 Å². The van der Waals surface area contributed by atoms with Crippen molar-refractivity contribution in [3.8, 4) is 28.0 Å². The van der Waals surface area contributed by atoms with Crippen molar-refractivity contribution in [3.63, 3.8) is 0 Å². The monoisotopic (exact) mass is 503 g/mol. The summed E-state index contributed by atoms with van der Waals surface area (Å²) in [5, 5.41) is 29.6. The second-order valence-electron chi connectivity index (χ2n) is 7.54. The molecule has 2 aromatic heterocycles. The van der Waals surface area contributed by atoms with Gasteiger partial charge in [0.2, 0.25) is 5.88 Å². The molecule has 2 N–H and O–H groups in total. The quantitative estimate of drug-likeness (QED) is 0.163. The van der Waals surface area contributed by atoms with Gasteiger partial charge in [0.15, 0.2) is 23.8 Å². The summed E-state index contributed by atoms with van der Waals surface area (Å²) in [6.07, 6.45) is 0. The maximum Gasteiger partial charge on any atom is 0.302 e. The number of aromatic nitrogens is 2. The van der Waals surface area contributed by atoms with Crippen molar-refractivity contribution in [2.45, 2.75) is 0 Å². The molecule has 11 nitrogen and oxygen atoms in total. The van der Waals surface area contributed by atoms with Gasteiger partial charge >= 0.3 is 5.91 Å². The van der Waals surface area contributed by atoms with Crippen LogP contribution < -0.4 is 9.47 Å². The highest BCUT2D eigenvalue weighted by atomic mass is 32.1. The van der Waals surface area contributed by atoms with E-state index in [0.29, 0.717) is 17.0 Å². The first-order valence-electron chi connectivity index (χ1n) is 10.5. The second-order valence-corrected chi connectivity index (χ2v) is 8.57. The molecule has 12 heteroatoms. The predicted molar refractivity (Wildman–Crippen MR) is 133 cm³/mol. The van der Waals surface area contributed by atoms with Gasteiger partial charge in [0, 0.05) is 23.1 Å². The number of ether oxygens (including phenoxy) is 2. The smallest absolute Gasteiger partial charge is 0.302 e. The topological polar surface area (TPSA) is 152 Å². The molecule has 180 valence electrons. The molecule has 2 heterocycles. The minimum atomic E-state index is -0.735. The number of non-ortho nitro benzene ring substituents is 1. The van der Waals surface area contributed by atoms with Gasteiger partial charge in [0.25, 0.3) is 5.69 Å². The normalized spacial score (nSPS) is 11.4. The summed E-state index contributed by atoms with van der Waals surface area (Å²) in [5.41, 5.74) is 1.82. The number of aromatic hydroxyl groups is 1. The predicted octanol–water partition coefficient (Wildman–Crippen LogP) is 5.76. The van der Waals surface area contributed by atoms with E-state index >= 15 is 0 Å². The molecule has 0 unspecified atom stereocenters. The molecule has 0 aliphatic rings. The lowest BCUT2D eigenvalue weighted by atomic mass is 10.2. The van der Waals surface area contributed by atoms with Crippen LogP contribution in [0.3, 0.4) is 0 Å². The summed E-state index contributed by atoms with van der Waals surface area (Å²) < 4.78 is 12.0. The molecule has 5 rings (SSSR count). The van der Waals surface area contributed by atoms with Crippen LogP contribution in [0.15, 0.2) is 70.9 Å². The molecule has 0 aliphatic carbocycles. The maximum absolute atomic E-state index is 12.4. The molecule has 0 bridgehead atoms. The number of azo groups is 1. The lowest BCUT2D eigenvalue weighted by Crippen LogP contribution is -2.08. The Morgan fingerprint density at radius 3 is 2.78 bits per heavy atom.